The molecule has 5 heteroatoms. The Hall–Kier alpha value is -1.65. The number of hydrogen-bond acceptors (Lipinski definition) is 3. The van der Waals surface area contributed by atoms with Crippen LogP contribution in [0.1, 0.15) is 0 Å². The van der Waals surface area contributed by atoms with Gasteiger partial charge < -0.3 is 5.11 Å². The van der Waals surface area contributed by atoms with Crippen molar-refractivity contribution in [3.8, 4) is 5.75 Å². The van der Waals surface area contributed by atoms with Crippen molar-refractivity contribution in [2.75, 3.05) is 0 Å². The van der Waals surface area contributed by atoms with Crippen LogP contribution in [0.5, 0.6) is 5.75 Å². The van der Waals surface area contributed by atoms with E-state index in [4.69, 9.17) is 5.11 Å². The number of rotatable bonds is 0. The van der Waals surface area contributed by atoms with Gasteiger partial charge >= 0.3 is 0 Å². The first-order valence-corrected chi connectivity index (χ1v) is 3.35. The average molecular weight is 167 g/mol. The Bertz CT molecular complexity index is 437. The third-order valence-electron chi connectivity index (χ3n) is 1.62. The van der Waals surface area contributed by atoms with Crippen molar-refractivity contribution in [2.24, 2.45) is 7.05 Å². The second-order valence-corrected chi connectivity index (χ2v) is 2.48. The van der Waals surface area contributed by atoms with Gasteiger partial charge in [-0.2, -0.15) is 4.39 Å². The first-order valence-electron chi connectivity index (χ1n) is 3.35. The van der Waals surface area contributed by atoms with Crippen LogP contribution in [0.25, 0.3) is 11.0 Å². The highest BCUT2D eigenvalue weighted by molar-refractivity contribution is 5.76. The van der Waals surface area contributed by atoms with Crippen LogP contribution >= 0.6 is 0 Å². The average Bonchev–Trinajstić information content (AvgIpc) is 2.28. The van der Waals surface area contributed by atoms with E-state index in [9.17, 15) is 4.39 Å². The second kappa shape index (κ2) is 2.17. The van der Waals surface area contributed by atoms with E-state index in [0.717, 1.165) is 0 Å². The maximum atomic E-state index is 12.9. The maximum absolute atomic E-state index is 12.9. The molecule has 0 bridgehead atoms. The lowest BCUT2D eigenvalue weighted by Gasteiger charge is -1.91. The second-order valence-electron chi connectivity index (χ2n) is 2.48. The summed E-state index contributed by atoms with van der Waals surface area (Å²) >= 11 is 0. The zero-order chi connectivity index (χ0) is 8.72. The minimum Gasteiger partial charge on any atom is -0.506 e. The number of hydrogen-bond donors (Lipinski definition) is 1. The molecule has 0 fully saturated rings. The molecule has 0 radical (unpaired) electrons. The molecule has 2 aromatic rings. The fourth-order valence-electron chi connectivity index (χ4n) is 1.09. The molecular formula is C7H6FN3O. The normalized spacial score (nSPS) is 10.8. The molecule has 2 heterocycles. The highest BCUT2D eigenvalue weighted by Crippen LogP contribution is 2.18. The molecule has 4 nitrogen and oxygen atoms in total. The predicted octanol–water partition coefficient (Wildman–Crippen LogP) is 0.813. The molecular weight excluding hydrogens is 161 g/mol. The number of aryl methyl sites for hydroxylation is 1. The molecule has 0 aliphatic rings. The fourth-order valence-corrected chi connectivity index (χ4v) is 1.09. The zero-order valence-corrected chi connectivity index (χ0v) is 6.32. The molecule has 0 atom stereocenters. The van der Waals surface area contributed by atoms with Gasteiger partial charge in [0, 0.05) is 7.05 Å². The Morgan fingerprint density at radius 2 is 2.33 bits per heavy atom. The zero-order valence-electron chi connectivity index (χ0n) is 6.32. The lowest BCUT2D eigenvalue weighted by molar-refractivity contribution is 0.473. The molecule has 0 aliphatic carbocycles. The smallest absolute Gasteiger partial charge is 0.242 e. The third-order valence-corrected chi connectivity index (χ3v) is 1.62. The highest BCUT2D eigenvalue weighted by atomic mass is 19.1. The molecule has 62 valence electrons. The lowest BCUT2D eigenvalue weighted by Crippen LogP contribution is -1.91. The monoisotopic (exact) mass is 167 g/mol. The molecule has 0 unspecified atom stereocenters. The summed E-state index contributed by atoms with van der Waals surface area (Å²) in [7, 11) is 1.59. The third kappa shape index (κ3) is 0.827. The SMILES string of the molecule is Cn1nc(F)c2cc(O)cnc21. The largest absolute Gasteiger partial charge is 0.506 e. The van der Waals surface area contributed by atoms with Gasteiger partial charge in [-0.3, -0.25) is 0 Å². The minimum atomic E-state index is -0.615. The van der Waals surface area contributed by atoms with Crippen molar-refractivity contribution in [1.82, 2.24) is 14.8 Å². The first kappa shape index (κ1) is 7.02. The molecule has 0 saturated carbocycles. The highest BCUT2D eigenvalue weighted by Gasteiger charge is 2.08. The van der Waals surface area contributed by atoms with Crippen molar-refractivity contribution in [2.45, 2.75) is 0 Å². The van der Waals surface area contributed by atoms with Gasteiger partial charge in [-0.1, -0.05) is 0 Å². The molecule has 0 aliphatic heterocycles. The van der Waals surface area contributed by atoms with Gasteiger partial charge in [-0.25, -0.2) is 9.67 Å². The van der Waals surface area contributed by atoms with Gasteiger partial charge in [-0.05, 0) is 6.07 Å². The Labute approximate surface area is 67.3 Å². The van der Waals surface area contributed by atoms with Crippen LogP contribution in [0.4, 0.5) is 4.39 Å². The van der Waals surface area contributed by atoms with E-state index < -0.39 is 5.95 Å². The summed E-state index contributed by atoms with van der Waals surface area (Å²) in [6, 6.07) is 1.30. The molecule has 2 rings (SSSR count). The summed E-state index contributed by atoms with van der Waals surface area (Å²) in [5.41, 5.74) is 0.422. The Morgan fingerprint density at radius 3 is 3.08 bits per heavy atom. The molecule has 12 heavy (non-hydrogen) atoms. The van der Waals surface area contributed by atoms with Crippen molar-refractivity contribution in [1.29, 1.82) is 0 Å². The number of fused-ring (bicyclic) bond motifs is 1. The maximum Gasteiger partial charge on any atom is 0.242 e. The van der Waals surface area contributed by atoms with Crippen LogP contribution < -0.4 is 0 Å². The lowest BCUT2D eigenvalue weighted by atomic mass is 10.3. The van der Waals surface area contributed by atoms with Crippen molar-refractivity contribution >= 4 is 11.0 Å². The number of aromatic hydroxyl groups is 1. The van der Waals surface area contributed by atoms with E-state index in [1.807, 2.05) is 0 Å². The number of nitrogens with zero attached hydrogens (tertiary/aromatic N) is 3. The van der Waals surface area contributed by atoms with E-state index in [2.05, 4.69) is 10.1 Å². The van der Waals surface area contributed by atoms with Crippen LogP contribution in [0.15, 0.2) is 12.3 Å². The van der Waals surface area contributed by atoms with E-state index >= 15 is 0 Å². The van der Waals surface area contributed by atoms with Crippen LogP contribution in [0.2, 0.25) is 0 Å². The topological polar surface area (TPSA) is 50.9 Å². The molecule has 2 aromatic heterocycles. The summed E-state index contributed by atoms with van der Waals surface area (Å²) in [4.78, 5) is 3.81. The van der Waals surface area contributed by atoms with E-state index in [1.165, 1.54) is 16.9 Å². The Balaban J connectivity index is 2.90. The van der Waals surface area contributed by atoms with E-state index in [-0.39, 0.29) is 11.1 Å². The minimum absolute atomic E-state index is 0.0607. The summed E-state index contributed by atoms with van der Waals surface area (Å²) in [6.07, 6.45) is 1.25. The van der Waals surface area contributed by atoms with Gasteiger partial charge in [0.2, 0.25) is 5.95 Å². The quantitative estimate of drug-likeness (QED) is 0.631. The van der Waals surface area contributed by atoms with Crippen LogP contribution in [-0.4, -0.2) is 19.9 Å². The summed E-state index contributed by atoms with van der Waals surface area (Å²) in [5, 5.41) is 12.7. The van der Waals surface area contributed by atoms with E-state index in [1.54, 1.807) is 7.05 Å². The summed E-state index contributed by atoms with van der Waals surface area (Å²) < 4.78 is 14.2. The summed E-state index contributed by atoms with van der Waals surface area (Å²) in [6.45, 7) is 0. The molecule has 0 saturated heterocycles. The molecule has 0 aromatic carbocycles. The molecule has 0 amide bonds. The molecule has 1 N–H and O–H groups in total. The Kier molecular flexibility index (Phi) is 1.27. The standard InChI is InChI=1S/C7H6FN3O/c1-11-7-5(6(8)10-11)2-4(12)3-9-7/h2-3,12H,1H3. The van der Waals surface area contributed by atoms with Crippen molar-refractivity contribution in [3.63, 3.8) is 0 Å². The van der Waals surface area contributed by atoms with Crippen molar-refractivity contribution < 1.29 is 9.50 Å². The van der Waals surface area contributed by atoms with Gasteiger partial charge in [0.05, 0.1) is 11.6 Å². The predicted molar refractivity (Wildman–Crippen MR) is 40.1 cm³/mol. The summed E-state index contributed by atoms with van der Waals surface area (Å²) in [5.74, 6) is -0.676. The van der Waals surface area contributed by atoms with Crippen LogP contribution in [0, 0.1) is 5.95 Å². The van der Waals surface area contributed by atoms with Gasteiger partial charge in [-0.15, -0.1) is 5.10 Å². The first-order chi connectivity index (χ1) is 5.68. The van der Waals surface area contributed by atoms with Gasteiger partial charge in [0.25, 0.3) is 0 Å². The van der Waals surface area contributed by atoms with E-state index in [0.29, 0.717) is 5.65 Å². The fraction of sp³-hybridized carbons (Fsp3) is 0.143. The molecule has 0 spiro atoms. The van der Waals surface area contributed by atoms with Crippen LogP contribution in [-0.2, 0) is 7.05 Å². The van der Waals surface area contributed by atoms with Gasteiger partial charge in [0.15, 0.2) is 5.65 Å². The van der Waals surface area contributed by atoms with Crippen LogP contribution in [0.3, 0.4) is 0 Å². The number of aromatic nitrogens is 3. The Morgan fingerprint density at radius 1 is 1.58 bits per heavy atom. The van der Waals surface area contributed by atoms with Crippen molar-refractivity contribution in [3.05, 3.63) is 18.2 Å². The number of halogens is 1. The number of pyridine rings is 1. The van der Waals surface area contributed by atoms with Gasteiger partial charge in [0.1, 0.15) is 5.75 Å².